The number of benzene rings is 2. The van der Waals surface area contributed by atoms with Crippen molar-refractivity contribution in [2.24, 2.45) is 0 Å². The van der Waals surface area contributed by atoms with Crippen molar-refractivity contribution < 1.29 is 26.1 Å². The number of hydrogen-bond donors (Lipinski definition) is 0. The van der Waals surface area contributed by atoms with Crippen molar-refractivity contribution in [3.05, 3.63) is 85.5 Å². The van der Waals surface area contributed by atoms with E-state index in [1.165, 1.54) is 34.4 Å². The summed E-state index contributed by atoms with van der Waals surface area (Å²) in [6.45, 7) is 2.14. The summed E-state index contributed by atoms with van der Waals surface area (Å²) in [6, 6.07) is 21.5. The highest BCUT2D eigenvalue weighted by Crippen LogP contribution is 2.10. The van der Waals surface area contributed by atoms with E-state index >= 15 is 0 Å². The summed E-state index contributed by atoms with van der Waals surface area (Å²) in [5.41, 5.74) is 0. The molecule has 0 amide bonds. The normalized spacial score (nSPS) is 10.7. The second kappa shape index (κ2) is 8.21. The number of hydrogen-bond acceptors (Lipinski definition) is 0. The van der Waals surface area contributed by atoms with Gasteiger partial charge in [-0.3, -0.25) is 0 Å². The van der Waals surface area contributed by atoms with Crippen molar-refractivity contribution in [3.8, 4) is 0 Å². The van der Waals surface area contributed by atoms with Gasteiger partial charge in [0.15, 0.2) is 24.8 Å². The number of fused-ring (bicyclic) bond motifs is 2. The molecule has 2 heterocycles. The summed E-state index contributed by atoms with van der Waals surface area (Å²) in [7, 11) is 0. The molecule has 0 bridgehead atoms. The average molecular weight is 394 g/mol. The maximum atomic E-state index is 2.30. The minimum absolute atomic E-state index is 0. The largest absolute Gasteiger partial charge is 1.00 e. The third-order valence-corrected chi connectivity index (χ3v) is 4.58. The number of aromatic nitrogens is 2. The van der Waals surface area contributed by atoms with Crippen molar-refractivity contribution >= 4 is 21.5 Å². The highest BCUT2D eigenvalue weighted by Gasteiger charge is 2.06. The first-order valence-corrected chi connectivity index (χ1v) is 8.64. The van der Waals surface area contributed by atoms with Crippen molar-refractivity contribution in [3.63, 3.8) is 0 Å². The second-order valence-corrected chi connectivity index (χ2v) is 6.33. The highest BCUT2D eigenvalue weighted by atomic mass is 79.9. The van der Waals surface area contributed by atoms with Crippen LogP contribution in [0.4, 0.5) is 0 Å². The maximum absolute atomic E-state index is 2.30. The molecule has 0 saturated carbocycles. The molecule has 4 aromatic rings. The molecular formula is C22H22BrN2+. The van der Waals surface area contributed by atoms with Gasteiger partial charge in [-0.2, -0.15) is 0 Å². The van der Waals surface area contributed by atoms with Crippen LogP contribution in [0.15, 0.2) is 85.5 Å². The minimum atomic E-state index is 0. The summed E-state index contributed by atoms with van der Waals surface area (Å²) < 4.78 is 4.60. The molecule has 0 spiro atoms. The Morgan fingerprint density at radius 3 is 1.36 bits per heavy atom. The first-order valence-electron chi connectivity index (χ1n) is 8.64. The van der Waals surface area contributed by atoms with E-state index in [-0.39, 0.29) is 17.0 Å². The van der Waals surface area contributed by atoms with E-state index in [4.69, 9.17) is 0 Å². The number of aryl methyl sites for hydroxylation is 2. The van der Waals surface area contributed by atoms with Gasteiger partial charge in [0.25, 0.3) is 0 Å². The zero-order chi connectivity index (χ0) is 16.2. The second-order valence-electron chi connectivity index (χ2n) is 6.33. The van der Waals surface area contributed by atoms with Gasteiger partial charge in [0.05, 0.1) is 0 Å². The Kier molecular flexibility index (Phi) is 5.77. The van der Waals surface area contributed by atoms with Crippen LogP contribution < -0.4 is 26.1 Å². The Bertz CT molecular complexity index is 900. The van der Waals surface area contributed by atoms with Crippen LogP contribution in [-0.2, 0) is 13.1 Å². The Morgan fingerprint density at radius 2 is 0.920 bits per heavy atom. The number of rotatable bonds is 5. The number of pyridine rings is 2. The number of nitrogens with zero attached hydrogens (tertiary/aromatic N) is 2. The van der Waals surface area contributed by atoms with Crippen LogP contribution in [0.25, 0.3) is 21.5 Å². The van der Waals surface area contributed by atoms with Crippen LogP contribution in [0.2, 0.25) is 0 Å². The molecule has 0 saturated heterocycles. The molecule has 0 radical (unpaired) electrons. The molecule has 2 nitrogen and oxygen atoms in total. The van der Waals surface area contributed by atoms with Crippen LogP contribution in [0.5, 0.6) is 0 Å². The quantitative estimate of drug-likeness (QED) is 0.353. The lowest BCUT2D eigenvalue weighted by Gasteiger charge is -2.00. The van der Waals surface area contributed by atoms with Gasteiger partial charge in [-0.1, -0.05) is 36.4 Å². The van der Waals surface area contributed by atoms with Gasteiger partial charge >= 0.3 is 0 Å². The number of unbranched alkanes of at least 4 members (excludes halogenated alkanes) is 1. The fourth-order valence-corrected chi connectivity index (χ4v) is 3.22. The minimum Gasteiger partial charge on any atom is -1.00 e. The van der Waals surface area contributed by atoms with Gasteiger partial charge in [0, 0.05) is 35.7 Å². The van der Waals surface area contributed by atoms with E-state index in [1.54, 1.807) is 0 Å². The summed E-state index contributed by atoms with van der Waals surface area (Å²) in [5.74, 6) is 0. The SMILES string of the molecule is [Br-].c1ccc2c[n+](CCCC[n+]3ccc4ccccc4c3)ccc2c1. The van der Waals surface area contributed by atoms with E-state index < -0.39 is 0 Å². The molecule has 3 heteroatoms. The van der Waals surface area contributed by atoms with Crippen LogP contribution in [0, 0.1) is 0 Å². The van der Waals surface area contributed by atoms with Crippen LogP contribution in [-0.4, -0.2) is 0 Å². The van der Waals surface area contributed by atoms with E-state index in [9.17, 15) is 0 Å². The predicted octanol–water partition coefficient (Wildman–Crippen LogP) is 1.05. The van der Waals surface area contributed by atoms with E-state index in [0.717, 1.165) is 13.1 Å². The van der Waals surface area contributed by atoms with Gasteiger partial charge in [-0.15, -0.1) is 0 Å². The van der Waals surface area contributed by atoms with Crippen molar-refractivity contribution in [2.45, 2.75) is 25.9 Å². The molecule has 0 unspecified atom stereocenters. The summed E-state index contributed by atoms with van der Waals surface area (Å²) in [4.78, 5) is 0. The standard InChI is InChI=1S/C22H22N2.BrH/c1-3-9-21-17-23(15-11-19(21)7-1)13-5-6-14-24-16-12-20-8-2-4-10-22(20)18-24;/h1-4,7-12,15-18H,5-6,13-14H2;1H/q+2;/p-1. The monoisotopic (exact) mass is 393 g/mol. The molecule has 0 atom stereocenters. The third kappa shape index (κ3) is 4.23. The molecule has 4 rings (SSSR count). The van der Waals surface area contributed by atoms with Crippen LogP contribution in [0.3, 0.4) is 0 Å². The van der Waals surface area contributed by atoms with Crippen LogP contribution >= 0.6 is 0 Å². The average Bonchev–Trinajstić information content (AvgIpc) is 2.65. The molecule has 0 aliphatic carbocycles. The third-order valence-electron chi connectivity index (χ3n) is 4.58. The first-order chi connectivity index (χ1) is 11.9. The predicted molar refractivity (Wildman–Crippen MR) is 97.5 cm³/mol. The molecule has 25 heavy (non-hydrogen) atoms. The first kappa shape index (κ1) is 17.6. The Hall–Kier alpha value is -2.26. The lowest BCUT2D eigenvalue weighted by Crippen LogP contribution is -3.00. The van der Waals surface area contributed by atoms with E-state index in [2.05, 4.69) is 94.6 Å². The molecule has 0 fully saturated rings. The fourth-order valence-electron chi connectivity index (χ4n) is 3.22. The molecule has 126 valence electrons. The molecule has 2 aromatic heterocycles. The molecule has 0 aliphatic rings. The van der Waals surface area contributed by atoms with Gasteiger partial charge < -0.3 is 17.0 Å². The fraction of sp³-hybridized carbons (Fsp3) is 0.182. The van der Waals surface area contributed by atoms with Gasteiger partial charge in [0.1, 0.15) is 13.1 Å². The molecular weight excluding hydrogens is 372 g/mol. The van der Waals surface area contributed by atoms with Crippen molar-refractivity contribution in [2.75, 3.05) is 0 Å². The zero-order valence-electron chi connectivity index (χ0n) is 14.2. The lowest BCUT2D eigenvalue weighted by molar-refractivity contribution is -0.706. The van der Waals surface area contributed by atoms with Gasteiger partial charge in [-0.25, -0.2) is 9.13 Å². The van der Waals surface area contributed by atoms with Crippen molar-refractivity contribution in [1.82, 2.24) is 0 Å². The maximum Gasteiger partial charge on any atom is 0.176 e. The smallest absolute Gasteiger partial charge is 0.176 e. The summed E-state index contributed by atoms with van der Waals surface area (Å²) in [5, 5.41) is 5.23. The summed E-state index contributed by atoms with van der Waals surface area (Å²) in [6.07, 6.45) is 11.2. The number of halogens is 1. The Labute approximate surface area is 159 Å². The van der Waals surface area contributed by atoms with Gasteiger partial charge in [-0.05, 0) is 22.9 Å². The highest BCUT2D eigenvalue weighted by molar-refractivity contribution is 5.80. The van der Waals surface area contributed by atoms with E-state index in [0.29, 0.717) is 0 Å². The Balaban J connectivity index is 0.00000182. The zero-order valence-corrected chi connectivity index (χ0v) is 15.8. The molecule has 0 aliphatic heterocycles. The van der Waals surface area contributed by atoms with Crippen LogP contribution in [0.1, 0.15) is 12.8 Å². The van der Waals surface area contributed by atoms with Gasteiger partial charge in [0.2, 0.25) is 0 Å². The Morgan fingerprint density at radius 1 is 0.520 bits per heavy atom. The molecule has 2 aromatic carbocycles. The van der Waals surface area contributed by atoms with Crippen molar-refractivity contribution in [1.29, 1.82) is 0 Å². The molecule has 0 N–H and O–H groups in total. The topological polar surface area (TPSA) is 7.76 Å². The summed E-state index contributed by atoms with van der Waals surface area (Å²) >= 11 is 0. The lowest BCUT2D eigenvalue weighted by atomic mass is 10.2. The van der Waals surface area contributed by atoms with E-state index in [1.807, 2.05) is 0 Å².